The highest BCUT2D eigenvalue weighted by Crippen LogP contribution is 2.32. The molecule has 0 bridgehead atoms. The van der Waals surface area contributed by atoms with E-state index >= 15 is 0 Å². The van der Waals surface area contributed by atoms with E-state index in [1.807, 2.05) is 30.3 Å². The molecule has 2 N–H and O–H groups in total. The second-order valence-electron chi connectivity index (χ2n) is 7.89. The van der Waals surface area contributed by atoms with Gasteiger partial charge in [0, 0.05) is 30.3 Å². The molecule has 0 fully saturated rings. The second-order valence-corrected chi connectivity index (χ2v) is 9.83. The van der Waals surface area contributed by atoms with Crippen molar-refractivity contribution >= 4 is 27.7 Å². The van der Waals surface area contributed by atoms with Crippen molar-refractivity contribution in [3.63, 3.8) is 0 Å². The molecular weight excluding hydrogens is 454 g/mol. The van der Waals surface area contributed by atoms with E-state index in [0.29, 0.717) is 23.4 Å². The largest absolute Gasteiger partial charge is 0.444 e. The summed E-state index contributed by atoms with van der Waals surface area (Å²) in [4.78, 5) is 23.9. The van der Waals surface area contributed by atoms with Gasteiger partial charge >= 0.3 is 0 Å². The molecular formula is C25H25N3O5S. The molecule has 1 aliphatic heterocycles. The molecule has 1 aliphatic rings. The molecule has 9 heteroatoms. The van der Waals surface area contributed by atoms with Crippen LogP contribution in [0.1, 0.15) is 33.7 Å². The third-order valence-electron chi connectivity index (χ3n) is 5.52. The molecule has 0 saturated heterocycles. The van der Waals surface area contributed by atoms with Crippen LogP contribution in [0.3, 0.4) is 0 Å². The highest BCUT2D eigenvalue weighted by Gasteiger charge is 2.33. The standard InChI is InChI=1S/C25H25N3O5S/c1-2-23(29)27-24-15-20-16-28(17-22(20)33-24)34(31,32)21-12-10-19(11-13-21)25(30)26-14-6-9-18-7-4-3-5-8-18/h2-5,7-8,10-13,15H,1,6,9,14,16-17H2,(H,26,30)(H,27,29). The zero-order valence-electron chi connectivity index (χ0n) is 18.5. The number of furan rings is 1. The number of anilines is 1. The predicted molar refractivity (Wildman–Crippen MR) is 128 cm³/mol. The van der Waals surface area contributed by atoms with Crippen LogP contribution in [0.25, 0.3) is 0 Å². The van der Waals surface area contributed by atoms with Crippen LogP contribution >= 0.6 is 0 Å². The van der Waals surface area contributed by atoms with E-state index in [1.54, 1.807) is 6.07 Å². The SMILES string of the molecule is C=CC(=O)Nc1cc2c(o1)CN(S(=O)(=O)c1ccc(C(=O)NCCCc3ccccc3)cc1)C2. The number of fused-ring (bicyclic) bond motifs is 1. The zero-order chi connectivity index (χ0) is 24.1. The number of nitrogens with one attached hydrogen (secondary N) is 2. The van der Waals surface area contributed by atoms with Crippen molar-refractivity contribution in [3.05, 3.63) is 95.8 Å². The minimum atomic E-state index is -3.77. The summed E-state index contributed by atoms with van der Waals surface area (Å²) in [5, 5.41) is 5.39. The van der Waals surface area contributed by atoms with Crippen LogP contribution in [0, 0.1) is 0 Å². The van der Waals surface area contributed by atoms with Crippen molar-refractivity contribution < 1.29 is 22.4 Å². The molecule has 4 rings (SSSR count). The summed E-state index contributed by atoms with van der Waals surface area (Å²) in [6, 6.07) is 17.5. The van der Waals surface area contributed by atoms with E-state index in [1.165, 1.54) is 34.1 Å². The number of rotatable bonds is 9. The number of nitrogens with zero attached hydrogens (tertiary/aromatic N) is 1. The van der Waals surface area contributed by atoms with Crippen molar-refractivity contribution in [1.29, 1.82) is 0 Å². The normalized spacial score (nSPS) is 13.3. The maximum Gasteiger partial charge on any atom is 0.251 e. The number of carbonyl (C=O) groups is 2. The molecule has 2 amide bonds. The fourth-order valence-corrected chi connectivity index (χ4v) is 5.09. The molecule has 0 aliphatic carbocycles. The lowest BCUT2D eigenvalue weighted by Gasteiger charge is -2.16. The molecule has 2 heterocycles. The Morgan fingerprint density at radius 3 is 2.47 bits per heavy atom. The lowest BCUT2D eigenvalue weighted by Crippen LogP contribution is -2.26. The predicted octanol–water partition coefficient (Wildman–Crippen LogP) is 3.47. The van der Waals surface area contributed by atoms with Crippen LogP contribution in [-0.2, 0) is 34.3 Å². The number of sulfonamides is 1. The Hall–Kier alpha value is -3.69. The van der Waals surface area contributed by atoms with Crippen molar-refractivity contribution in [2.75, 3.05) is 11.9 Å². The average Bonchev–Trinajstić information content (AvgIpc) is 3.41. The van der Waals surface area contributed by atoms with Crippen LogP contribution in [0.4, 0.5) is 5.88 Å². The van der Waals surface area contributed by atoms with Crippen molar-refractivity contribution in [3.8, 4) is 0 Å². The van der Waals surface area contributed by atoms with Gasteiger partial charge in [-0.3, -0.25) is 14.9 Å². The van der Waals surface area contributed by atoms with Gasteiger partial charge in [-0.15, -0.1) is 0 Å². The minimum absolute atomic E-state index is 0.0608. The van der Waals surface area contributed by atoms with E-state index in [4.69, 9.17) is 4.42 Å². The fourth-order valence-electron chi connectivity index (χ4n) is 3.71. The average molecular weight is 480 g/mol. The van der Waals surface area contributed by atoms with Gasteiger partial charge in [0.15, 0.2) is 5.88 Å². The van der Waals surface area contributed by atoms with Gasteiger partial charge in [0.05, 0.1) is 11.4 Å². The molecule has 0 saturated carbocycles. The van der Waals surface area contributed by atoms with Gasteiger partial charge in [-0.1, -0.05) is 36.9 Å². The topological polar surface area (TPSA) is 109 Å². The van der Waals surface area contributed by atoms with Gasteiger partial charge in [-0.25, -0.2) is 8.42 Å². The van der Waals surface area contributed by atoms with E-state index in [0.717, 1.165) is 18.9 Å². The van der Waals surface area contributed by atoms with Crippen molar-refractivity contribution in [2.45, 2.75) is 30.8 Å². The van der Waals surface area contributed by atoms with Crippen molar-refractivity contribution in [2.24, 2.45) is 0 Å². The van der Waals surface area contributed by atoms with Crippen LogP contribution in [-0.4, -0.2) is 31.1 Å². The summed E-state index contributed by atoms with van der Waals surface area (Å²) >= 11 is 0. The Bertz CT molecular complexity index is 1270. The lowest BCUT2D eigenvalue weighted by atomic mass is 10.1. The van der Waals surface area contributed by atoms with Crippen LogP contribution in [0.15, 0.2) is 82.6 Å². The van der Waals surface area contributed by atoms with E-state index in [2.05, 4.69) is 17.2 Å². The van der Waals surface area contributed by atoms with Gasteiger partial charge in [-0.05, 0) is 48.7 Å². The number of hydrogen-bond acceptors (Lipinski definition) is 5. The maximum atomic E-state index is 13.0. The van der Waals surface area contributed by atoms with E-state index in [9.17, 15) is 18.0 Å². The Balaban J connectivity index is 1.32. The molecule has 2 aromatic carbocycles. The molecule has 34 heavy (non-hydrogen) atoms. The fraction of sp³-hybridized carbons (Fsp3) is 0.200. The highest BCUT2D eigenvalue weighted by molar-refractivity contribution is 7.89. The highest BCUT2D eigenvalue weighted by atomic mass is 32.2. The third-order valence-corrected chi connectivity index (χ3v) is 7.33. The Kier molecular flexibility index (Phi) is 6.95. The Morgan fingerprint density at radius 2 is 1.79 bits per heavy atom. The monoisotopic (exact) mass is 479 g/mol. The lowest BCUT2D eigenvalue weighted by molar-refractivity contribution is -0.112. The van der Waals surface area contributed by atoms with Crippen LogP contribution < -0.4 is 10.6 Å². The first kappa shape index (κ1) is 23.5. The summed E-state index contributed by atoms with van der Waals surface area (Å²) in [5.74, 6) is 0.0872. The summed E-state index contributed by atoms with van der Waals surface area (Å²) in [7, 11) is -3.77. The molecule has 3 aromatic rings. The molecule has 1 aromatic heterocycles. The van der Waals surface area contributed by atoms with Gasteiger partial charge in [0.25, 0.3) is 5.91 Å². The molecule has 0 radical (unpaired) electrons. The summed E-state index contributed by atoms with van der Waals surface area (Å²) in [6.07, 6.45) is 2.80. The first-order valence-electron chi connectivity index (χ1n) is 10.8. The second kappa shape index (κ2) is 10.1. The Morgan fingerprint density at radius 1 is 1.06 bits per heavy atom. The number of amides is 2. The minimum Gasteiger partial charge on any atom is -0.444 e. The molecule has 0 atom stereocenters. The smallest absolute Gasteiger partial charge is 0.251 e. The molecule has 8 nitrogen and oxygen atoms in total. The van der Waals surface area contributed by atoms with Gasteiger partial charge in [-0.2, -0.15) is 4.31 Å². The van der Waals surface area contributed by atoms with Crippen LogP contribution in [0.5, 0.6) is 0 Å². The summed E-state index contributed by atoms with van der Waals surface area (Å²) in [6.45, 7) is 4.10. The maximum absolute atomic E-state index is 13.0. The summed E-state index contributed by atoms with van der Waals surface area (Å²) in [5.41, 5.74) is 2.30. The van der Waals surface area contributed by atoms with Crippen LogP contribution in [0.2, 0.25) is 0 Å². The number of hydrogen-bond donors (Lipinski definition) is 2. The van der Waals surface area contributed by atoms with Gasteiger partial charge < -0.3 is 9.73 Å². The van der Waals surface area contributed by atoms with E-state index < -0.39 is 15.9 Å². The van der Waals surface area contributed by atoms with Gasteiger partial charge in [0.2, 0.25) is 15.9 Å². The van der Waals surface area contributed by atoms with Gasteiger partial charge in [0.1, 0.15) is 5.76 Å². The third kappa shape index (κ3) is 5.27. The number of benzene rings is 2. The first-order chi connectivity index (χ1) is 16.4. The number of carbonyl (C=O) groups excluding carboxylic acids is 2. The first-order valence-corrected chi connectivity index (χ1v) is 12.3. The molecule has 0 spiro atoms. The zero-order valence-corrected chi connectivity index (χ0v) is 19.3. The molecule has 0 unspecified atom stereocenters. The Labute approximate surface area is 198 Å². The van der Waals surface area contributed by atoms with Crippen molar-refractivity contribution in [1.82, 2.24) is 9.62 Å². The summed E-state index contributed by atoms with van der Waals surface area (Å²) < 4.78 is 32.9. The van der Waals surface area contributed by atoms with E-state index in [-0.39, 0.29) is 29.8 Å². The molecule has 176 valence electrons. The number of aryl methyl sites for hydroxylation is 1. The quantitative estimate of drug-likeness (QED) is 0.361.